The van der Waals surface area contributed by atoms with Crippen molar-refractivity contribution in [2.24, 2.45) is 0 Å². The lowest BCUT2D eigenvalue weighted by atomic mass is 10.0. The number of nitrogens with one attached hydrogen (secondary N) is 2. The molecule has 0 aromatic rings. The van der Waals surface area contributed by atoms with E-state index in [1.165, 1.54) is 0 Å². The van der Waals surface area contributed by atoms with Crippen LogP contribution in [0.25, 0.3) is 0 Å². The van der Waals surface area contributed by atoms with Gasteiger partial charge in [-0.05, 0) is 27.2 Å². The lowest BCUT2D eigenvalue weighted by Gasteiger charge is -2.35. The molecule has 2 N–H and O–H groups in total. The number of rotatable bonds is 3. The van der Waals surface area contributed by atoms with Gasteiger partial charge in [-0.25, -0.2) is 0 Å². The van der Waals surface area contributed by atoms with Crippen LogP contribution >= 0.6 is 0 Å². The van der Waals surface area contributed by atoms with Gasteiger partial charge >= 0.3 is 0 Å². The van der Waals surface area contributed by atoms with Gasteiger partial charge in [-0.2, -0.15) is 0 Å². The Labute approximate surface area is 87.6 Å². The van der Waals surface area contributed by atoms with Gasteiger partial charge in [0.2, 0.25) is 0 Å². The summed E-state index contributed by atoms with van der Waals surface area (Å²) in [5, 5.41) is 6.98. The van der Waals surface area contributed by atoms with Gasteiger partial charge in [0.05, 0.1) is 12.7 Å². The van der Waals surface area contributed by atoms with Gasteiger partial charge < -0.3 is 15.4 Å². The Bertz CT molecular complexity index is 159. The molecule has 1 aliphatic rings. The van der Waals surface area contributed by atoms with Crippen molar-refractivity contribution in [3.63, 3.8) is 0 Å². The highest BCUT2D eigenvalue weighted by atomic mass is 16.5. The summed E-state index contributed by atoms with van der Waals surface area (Å²) in [6.07, 6.45) is 1.44. The van der Waals surface area contributed by atoms with Crippen molar-refractivity contribution in [2.45, 2.75) is 51.8 Å². The highest BCUT2D eigenvalue weighted by Crippen LogP contribution is 2.10. The van der Waals surface area contributed by atoms with E-state index in [4.69, 9.17) is 4.74 Å². The first kappa shape index (κ1) is 12.0. The van der Waals surface area contributed by atoms with Crippen molar-refractivity contribution in [1.29, 1.82) is 0 Å². The van der Waals surface area contributed by atoms with E-state index in [9.17, 15) is 0 Å². The standard InChI is InChI=1S/C11H24N2O/c1-5-9(13-11(2,3)4)10-8-12-6-7-14-10/h9-10,12-13H,5-8H2,1-4H3. The Morgan fingerprint density at radius 2 is 2.21 bits per heavy atom. The van der Waals surface area contributed by atoms with E-state index >= 15 is 0 Å². The van der Waals surface area contributed by atoms with Gasteiger partial charge in [0.25, 0.3) is 0 Å². The zero-order valence-electron chi connectivity index (χ0n) is 9.89. The molecule has 1 aliphatic heterocycles. The van der Waals surface area contributed by atoms with Gasteiger partial charge in [0.15, 0.2) is 0 Å². The van der Waals surface area contributed by atoms with Crippen LogP contribution in [0.5, 0.6) is 0 Å². The van der Waals surface area contributed by atoms with Crippen molar-refractivity contribution in [3.8, 4) is 0 Å². The summed E-state index contributed by atoms with van der Waals surface area (Å²) >= 11 is 0. The first-order valence-electron chi connectivity index (χ1n) is 5.63. The Balaban J connectivity index is 2.43. The Morgan fingerprint density at radius 3 is 2.64 bits per heavy atom. The normalized spacial score (nSPS) is 26.1. The van der Waals surface area contributed by atoms with Gasteiger partial charge in [-0.3, -0.25) is 0 Å². The van der Waals surface area contributed by atoms with Crippen LogP contribution in [0.1, 0.15) is 34.1 Å². The fourth-order valence-electron chi connectivity index (χ4n) is 1.86. The maximum atomic E-state index is 5.75. The minimum absolute atomic E-state index is 0.168. The van der Waals surface area contributed by atoms with Gasteiger partial charge in [-0.1, -0.05) is 6.92 Å². The molecule has 0 aliphatic carbocycles. The molecule has 0 saturated carbocycles. The smallest absolute Gasteiger partial charge is 0.0852 e. The number of ether oxygens (including phenoxy) is 1. The molecule has 14 heavy (non-hydrogen) atoms. The predicted octanol–water partition coefficient (Wildman–Crippen LogP) is 1.14. The Morgan fingerprint density at radius 1 is 1.50 bits per heavy atom. The molecular formula is C11H24N2O. The van der Waals surface area contributed by atoms with E-state index in [1.54, 1.807) is 0 Å². The van der Waals surface area contributed by atoms with E-state index in [-0.39, 0.29) is 5.54 Å². The molecule has 1 heterocycles. The molecule has 2 unspecified atom stereocenters. The first-order valence-corrected chi connectivity index (χ1v) is 5.63. The van der Waals surface area contributed by atoms with Crippen molar-refractivity contribution in [1.82, 2.24) is 10.6 Å². The van der Waals surface area contributed by atoms with E-state index in [0.717, 1.165) is 26.1 Å². The minimum atomic E-state index is 0.168. The van der Waals surface area contributed by atoms with Crippen LogP contribution in [0.4, 0.5) is 0 Å². The maximum absolute atomic E-state index is 5.75. The van der Waals surface area contributed by atoms with Crippen LogP contribution in [-0.2, 0) is 4.74 Å². The van der Waals surface area contributed by atoms with Gasteiger partial charge in [0.1, 0.15) is 0 Å². The molecule has 1 fully saturated rings. The first-order chi connectivity index (χ1) is 6.53. The number of hydrogen-bond donors (Lipinski definition) is 2. The maximum Gasteiger partial charge on any atom is 0.0852 e. The third kappa shape index (κ3) is 3.95. The summed E-state index contributed by atoms with van der Waals surface area (Å²) in [6, 6.07) is 0.461. The van der Waals surface area contributed by atoms with Crippen molar-refractivity contribution in [2.75, 3.05) is 19.7 Å². The van der Waals surface area contributed by atoms with Crippen LogP contribution < -0.4 is 10.6 Å². The monoisotopic (exact) mass is 200 g/mol. The molecule has 84 valence electrons. The summed E-state index contributed by atoms with van der Waals surface area (Å²) < 4.78 is 5.75. The molecule has 0 radical (unpaired) electrons. The molecule has 3 nitrogen and oxygen atoms in total. The van der Waals surface area contributed by atoms with Crippen molar-refractivity contribution >= 4 is 0 Å². The average molecular weight is 200 g/mol. The van der Waals surface area contributed by atoms with Crippen molar-refractivity contribution < 1.29 is 4.74 Å². The molecule has 1 rings (SSSR count). The molecule has 0 aromatic heterocycles. The van der Waals surface area contributed by atoms with E-state index < -0.39 is 0 Å². The van der Waals surface area contributed by atoms with Crippen LogP contribution in [0.3, 0.4) is 0 Å². The second-order valence-corrected chi connectivity index (χ2v) is 5.02. The van der Waals surface area contributed by atoms with E-state index in [0.29, 0.717) is 12.1 Å². The van der Waals surface area contributed by atoms with Gasteiger partial charge in [0, 0.05) is 24.7 Å². The highest BCUT2D eigenvalue weighted by molar-refractivity contribution is 4.85. The van der Waals surface area contributed by atoms with Crippen molar-refractivity contribution in [3.05, 3.63) is 0 Å². The summed E-state index contributed by atoms with van der Waals surface area (Å²) in [5.41, 5.74) is 0.168. The van der Waals surface area contributed by atoms with Crippen LogP contribution in [-0.4, -0.2) is 37.4 Å². The molecule has 2 atom stereocenters. The molecule has 0 bridgehead atoms. The molecule has 0 aromatic carbocycles. The molecule has 1 saturated heterocycles. The third-order valence-corrected chi connectivity index (χ3v) is 2.46. The van der Waals surface area contributed by atoms with Crippen LogP contribution in [0.2, 0.25) is 0 Å². The highest BCUT2D eigenvalue weighted by Gasteiger charge is 2.26. The summed E-state index contributed by atoms with van der Waals surface area (Å²) in [6.45, 7) is 11.6. The number of hydrogen-bond acceptors (Lipinski definition) is 3. The molecular weight excluding hydrogens is 176 g/mol. The zero-order chi connectivity index (χ0) is 10.6. The van der Waals surface area contributed by atoms with E-state index in [2.05, 4.69) is 38.3 Å². The fourth-order valence-corrected chi connectivity index (χ4v) is 1.86. The summed E-state index contributed by atoms with van der Waals surface area (Å²) in [5.74, 6) is 0. The van der Waals surface area contributed by atoms with Crippen LogP contribution in [0.15, 0.2) is 0 Å². The second-order valence-electron chi connectivity index (χ2n) is 5.02. The zero-order valence-corrected chi connectivity index (χ0v) is 9.89. The quantitative estimate of drug-likeness (QED) is 0.717. The largest absolute Gasteiger partial charge is 0.374 e. The SMILES string of the molecule is CCC(NC(C)(C)C)C1CNCCO1. The number of morpholine rings is 1. The molecule has 0 spiro atoms. The van der Waals surface area contributed by atoms with E-state index in [1.807, 2.05) is 0 Å². The molecule has 0 amide bonds. The average Bonchev–Trinajstić information content (AvgIpc) is 2.14. The lowest BCUT2D eigenvalue weighted by molar-refractivity contribution is -0.00197. The van der Waals surface area contributed by atoms with Gasteiger partial charge in [-0.15, -0.1) is 0 Å². The summed E-state index contributed by atoms with van der Waals surface area (Å²) in [4.78, 5) is 0. The lowest BCUT2D eigenvalue weighted by Crippen LogP contribution is -2.55. The van der Waals surface area contributed by atoms with Crippen LogP contribution in [0, 0.1) is 0 Å². The second kappa shape index (κ2) is 5.10. The fraction of sp³-hybridized carbons (Fsp3) is 1.00. The summed E-state index contributed by atoms with van der Waals surface area (Å²) in [7, 11) is 0. The topological polar surface area (TPSA) is 33.3 Å². The predicted molar refractivity (Wildman–Crippen MR) is 59.6 cm³/mol. The molecule has 3 heteroatoms. The minimum Gasteiger partial charge on any atom is -0.374 e. The Hall–Kier alpha value is -0.120. The third-order valence-electron chi connectivity index (χ3n) is 2.46. The Kier molecular flexibility index (Phi) is 4.35.